The molecular weight excluding hydrogens is 362 g/mol. The molecule has 7 nitrogen and oxygen atoms in total. The van der Waals surface area contributed by atoms with Gasteiger partial charge in [0.1, 0.15) is 22.3 Å². The lowest BCUT2D eigenvalue weighted by Gasteiger charge is -2.21. The highest BCUT2D eigenvalue weighted by Crippen LogP contribution is 2.27. The molecule has 2 N–H and O–H groups in total. The topological polar surface area (TPSA) is 92.9 Å². The number of thiazole rings is 1. The Kier molecular flexibility index (Phi) is 5.26. The van der Waals surface area contributed by atoms with Gasteiger partial charge in [-0.05, 0) is 50.9 Å². The fourth-order valence-electron chi connectivity index (χ4n) is 3.18. The molecule has 8 heteroatoms. The molecular formula is C19H21N5O2S. The number of carbonyl (C=O) groups excluding carboxylic acids is 1. The van der Waals surface area contributed by atoms with Crippen molar-refractivity contribution in [3.05, 3.63) is 35.5 Å². The molecule has 4 rings (SSSR count). The number of nitrogens with zero attached hydrogens (tertiary/aromatic N) is 3. The van der Waals surface area contributed by atoms with Crippen LogP contribution in [0.15, 0.2) is 34.2 Å². The highest BCUT2D eigenvalue weighted by Gasteiger charge is 2.18. The Balaban J connectivity index is 1.59. The van der Waals surface area contributed by atoms with E-state index in [2.05, 4.69) is 25.6 Å². The van der Waals surface area contributed by atoms with E-state index in [9.17, 15) is 4.79 Å². The summed E-state index contributed by atoms with van der Waals surface area (Å²) in [4.78, 5) is 25.9. The second-order valence-electron chi connectivity index (χ2n) is 6.66. The summed E-state index contributed by atoms with van der Waals surface area (Å²) in [5, 5.41) is 8.92. The third-order valence-electron chi connectivity index (χ3n) is 4.54. The largest absolute Gasteiger partial charge is 0.458 e. The predicted molar refractivity (Wildman–Crippen MR) is 104 cm³/mol. The van der Waals surface area contributed by atoms with E-state index in [1.54, 1.807) is 12.3 Å². The van der Waals surface area contributed by atoms with Crippen LogP contribution in [0.5, 0.6) is 0 Å². The molecule has 1 amide bonds. The van der Waals surface area contributed by atoms with E-state index < -0.39 is 0 Å². The molecule has 1 aliphatic heterocycles. The minimum Gasteiger partial charge on any atom is -0.458 e. The SMILES string of the molecule is Cc1ccc(-c2nc(NC(=O)CC3CCNCC3)cc(-c3nccs3)n2)o1. The Bertz CT molecular complexity index is 916. The van der Waals surface area contributed by atoms with Gasteiger partial charge >= 0.3 is 0 Å². The summed E-state index contributed by atoms with van der Waals surface area (Å²) in [5.74, 6) is 2.65. The number of furan rings is 1. The van der Waals surface area contributed by atoms with Crippen LogP contribution in [0.25, 0.3) is 22.3 Å². The van der Waals surface area contributed by atoms with Gasteiger partial charge in [-0.3, -0.25) is 4.79 Å². The molecule has 1 aliphatic rings. The first-order valence-corrected chi connectivity index (χ1v) is 9.91. The summed E-state index contributed by atoms with van der Waals surface area (Å²) in [6.45, 7) is 3.82. The first-order valence-electron chi connectivity index (χ1n) is 9.04. The molecule has 0 aromatic carbocycles. The van der Waals surface area contributed by atoms with Gasteiger partial charge in [0.15, 0.2) is 11.6 Å². The maximum Gasteiger partial charge on any atom is 0.225 e. The van der Waals surface area contributed by atoms with Gasteiger partial charge in [-0.1, -0.05) is 0 Å². The van der Waals surface area contributed by atoms with E-state index in [0.29, 0.717) is 35.4 Å². The minimum absolute atomic E-state index is 0.0211. The van der Waals surface area contributed by atoms with Crippen molar-refractivity contribution in [1.82, 2.24) is 20.3 Å². The van der Waals surface area contributed by atoms with Crippen molar-refractivity contribution in [1.29, 1.82) is 0 Å². The molecule has 0 unspecified atom stereocenters. The molecule has 0 radical (unpaired) electrons. The first-order chi connectivity index (χ1) is 13.2. The van der Waals surface area contributed by atoms with Crippen molar-refractivity contribution in [2.45, 2.75) is 26.2 Å². The molecule has 27 heavy (non-hydrogen) atoms. The zero-order valence-corrected chi connectivity index (χ0v) is 15.9. The lowest BCUT2D eigenvalue weighted by atomic mass is 9.94. The molecule has 0 atom stereocenters. The molecule has 3 aromatic heterocycles. The summed E-state index contributed by atoms with van der Waals surface area (Å²) < 4.78 is 5.66. The average molecular weight is 383 g/mol. The van der Waals surface area contributed by atoms with Crippen LogP contribution in [-0.2, 0) is 4.79 Å². The number of aromatic nitrogens is 3. The first kappa shape index (κ1) is 17.8. The molecule has 3 aromatic rings. The van der Waals surface area contributed by atoms with Gasteiger partial charge < -0.3 is 15.1 Å². The van der Waals surface area contributed by atoms with Gasteiger partial charge in [0, 0.05) is 24.1 Å². The van der Waals surface area contributed by atoms with Crippen molar-refractivity contribution < 1.29 is 9.21 Å². The lowest BCUT2D eigenvalue weighted by molar-refractivity contribution is -0.117. The van der Waals surface area contributed by atoms with E-state index in [4.69, 9.17) is 4.42 Å². The number of nitrogens with one attached hydrogen (secondary N) is 2. The Morgan fingerprint density at radius 3 is 2.89 bits per heavy atom. The van der Waals surface area contributed by atoms with Crippen LogP contribution in [0.3, 0.4) is 0 Å². The van der Waals surface area contributed by atoms with E-state index in [0.717, 1.165) is 36.7 Å². The average Bonchev–Trinajstić information content (AvgIpc) is 3.34. The second-order valence-corrected chi connectivity index (χ2v) is 7.55. The molecule has 0 bridgehead atoms. The minimum atomic E-state index is -0.0211. The maximum absolute atomic E-state index is 12.5. The number of aryl methyl sites for hydroxylation is 1. The number of rotatable bonds is 5. The summed E-state index contributed by atoms with van der Waals surface area (Å²) in [7, 11) is 0. The van der Waals surface area contributed by atoms with Gasteiger partial charge in [0.2, 0.25) is 5.91 Å². The number of amides is 1. The van der Waals surface area contributed by atoms with E-state index in [1.807, 2.05) is 24.4 Å². The molecule has 0 spiro atoms. The summed E-state index contributed by atoms with van der Waals surface area (Å²) in [5.41, 5.74) is 0.668. The van der Waals surface area contributed by atoms with Gasteiger partial charge in [-0.2, -0.15) is 0 Å². The van der Waals surface area contributed by atoms with Crippen molar-refractivity contribution in [3.63, 3.8) is 0 Å². The van der Waals surface area contributed by atoms with Crippen molar-refractivity contribution in [3.8, 4) is 22.3 Å². The second kappa shape index (κ2) is 7.98. The van der Waals surface area contributed by atoms with Gasteiger partial charge in [-0.25, -0.2) is 15.0 Å². The molecule has 140 valence electrons. The van der Waals surface area contributed by atoms with Gasteiger partial charge in [0.25, 0.3) is 0 Å². The monoisotopic (exact) mass is 383 g/mol. The third kappa shape index (κ3) is 4.40. The zero-order chi connectivity index (χ0) is 18.6. The Hall–Kier alpha value is -2.58. The Labute approximate surface area is 161 Å². The van der Waals surface area contributed by atoms with Crippen LogP contribution in [0, 0.1) is 12.8 Å². The van der Waals surface area contributed by atoms with Crippen molar-refractivity contribution in [2.24, 2.45) is 5.92 Å². The normalized spacial score (nSPS) is 15.0. The fraction of sp³-hybridized carbons (Fsp3) is 0.368. The fourth-order valence-corrected chi connectivity index (χ4v) is 3.78. The number of carbonyl (C=O) groups is 1. The Morgan fingerprint density at radius 2 is 2.19 bits per heavy atom. The molecule has 0 aliphatic carbocycles. The standard InChI is InChI=1S/C19H21N5O2S/c1-12-2-3-15(26-12)18-22-14(19-21-8-9-27-19)11-16(24-18)23-17(25)10-13-4-6-20-7-5-13/h2-3,8-9,11,13,20H,4-7,10H2,1H3,(H,22,23,24,25). The van der Waals surface area contributed by atoms with Crippen LogP contribution >= 0.6 is 11.3 Å². The lowest BCUT2D eigenvalue weighted by Crippen LogP contribution is -2.30. The maximum atomic E-state index is 12.5. The molecule has 1 fully saturated rings. The number of hydrogen-bond acceptors (Lipinski definition) is 7. The number of hydrogen-bond donors (Lipinski definition) is 2. The predicted octanol–water partition coefficient (Wildman–Crippen LogP) is 3.50. The highest BCUT2D eigenvalue weighted by atomic mass is 32.1. The van der Waals surface area contributed by atoms with Gasteiger partial charge in [-0.15, -0.1) is 11.3 Å². The van der Waals surface area contributed by atoms with Crippen LogP contribution < -0.4 is 10.6 Å². The number of anilines is 1. The summed E-state index contributed by atoms with van der Waals surface area (Å²) >= 11 is 1.49. The molecule has 1 saturated heterocycles. The quantitative estimate of drug-likeness (QED) is 0.700. The zero-order valence-electron chi connectivity index (χ0n) is 15.1. The van der Waals surface area contributed by atoms with E-state index in [1.165, 1.54) is 11.3 Å². The van der Waals surface area contributed by atoms with Crippen LogP contribution in [-0.4, -0.2) is 33.9 Å². The van der Waals surface area contributed by atoms with Crippen LogP contribution in [0.1, 0.15) is 25.0 Å². The van der Waals surface area contributed by atoms with Crippen LogP contribution in [0.4, 0.5) is 5.82 Å². The smallest absolute Gasteiger partial charge is 0.225 e. The Morgan fingerprint density at radius 1 is 1.33 bits per heavy atom. The summed E-state index contributed by atoms with van der Waals surface area (Å²) in [6.07, 6.45) is 4.29. The summed E-state index contributed by atoms with van der Waals surface area (Å²) in [6, 6.07) is 5.46. The molecule has 4 heterocycles. The van der Waals surface area contributed by atoms with Crippen molar-refractivity contribution in [2.75, 3.05) is 18.4 Å². The number of piperidine rings is 1. The highest BCUT2D eigenvalue weighted by molar-refractivity contribution is 7.13. The van der Waals surface area contributed by atoms with Crippen molar-refractivity contribution >= 4 is 23.1 Å². The van der Waals surface area contributed by atoms with E-state index in [-0.39, 0.29) is 5.91 Å². The third-order valence-corrected chi connectivity index (χ3v) is 5.33. The van der Waals surface area contributed by atoms with E-state index >= 15 is 0 Å². The molecule has 0 saturated carbocycles. The van der Waals surface area contributed by atoms with Gasteiger partial charge in [0.05, 0.1) is 0 Å². The van der Waals surface area contributed by atoms with Crippen LogP contribution in [0.2, 0.25) is 0 Å².